The molecule has 2 nitrogen and oxygen atoms in total. The summed E-state index contributed by atoms with van der Waals surface area (Å²) in [5.41, 5.74) is 1.07. The van der Waals surface area contributed by atoms with Crippen LogP contribution in [0.5, 0.6) is 0 Å². The zero-order chi connectivity index (χ0) is 13.8. The average Bonchev–Trinajstić information content (AvgIpc) is 2.35. The summed E-state index contributed by atoms with van der Waals surface area (Å²) in [7, 11) is 2.20. The van der Waals surface area contributed by atoms with Gasteiger partial charge in [0.25, 0.3) is 0 Å². The molecule has 0 aromatic heterocycles. The van der Waals surface area contributed by atoms with Crippen molar-refractivity contribution in [3.63, 3.8) is 0 Å². The van der Waals surface area contributed by atoms with E-state index >= 15 is 0 Å². The first-order chi connectivity index (χ1) is 9.06. The quantitative estimate of drug-likeness (QED) is 0.899. The monoisotopic (exact) mass is 264 g/mol. The predicted molar refractivity (Wildman–Crippen MR) is 77.8 cm³/mol. The lowest BCUT2D eigenvalue weighted by molar-refractivity contribution is 0.122. The number of nitrogens with one attached hydrogen (secondary N) is 1. The summed E-state index contributed by atoms with van der Waals surface area (Å²) in [4.78, 5) is 2.43. The zero-order valence-electron chi connectivity index (χ0n) is 12.2. The number of halogens is 1. The van der Waals surface area contributed by atoms with Gasteiger partial charge in [0, 0.05) is 18.6 Å². The van der Waals surface area contributed by atoms with Crippen molar-refractivity contribution < 1.29 is 4.39 Å². The normalized spacial score (nSPS) is 28.5. The fraction of sp³-hybridized carbons (Fsp3) is 0.625. The van der Waals surface area contributed by atoms with E-state index in [9.17, 15) is 4.39 Å². The van der Waals surface area contributed by atoms with E-state index < -0.39 is 0 Å². The van der Waals surface area contributed by atoms with Gasteiger partial charge < -0.3 is 10.2 Å². The summed E-state index contributed by atoms with van der Waals surface area (Å²) in [5, 5.41) is 3.64. The molecular weight excluding hydrogens is 239 g/mol. The molecule has 19 heavy (non-hydrogen) atoms. The fourth-order valence-electron chi connectivity index (χ4n) is 2.92. The first-order valence-corrected chi connectivity index (χ1v) is 7.24. The molecule has 0 bridgehead atoms. The summed E-state index contributed by atoms with van der Waals surface area (Å²) in [6.45, 7) is 6.67. The largest absolute Gasteiger partial charge is 0.313 e. The Morgan fingerprint density at radius 1 is 1.37 bits per heavy atom. The van der Waals surface area contributed by atoms with Gasteiger partial charge in [0.05, 0.1) is 0 Å². The van der Waals surface area contributed by atoms with Gasteiger partial charge in [0.2, 0.25) is 0 Å². The second-order valence-corrected chi connectivity index (χ2v) is 5.94. The van der Waals surface area contributed by atoms with Crippen molar-refractivity contribution in [3.05, 3.63) is 35.6 Å². The SMILES string of the molecule is CC1CN(C)C(C)CC1NCCc1cccc(F)c1. The van der Waals surface area contributed by atoms with Gasteiger partial charge in [0.1, 0.15) is 5.82 Å². The Hall–Kier alpha value is -0.930. The maximum absolute atomic E-state index is 13.1. The lowest BCUT2D eigenvalue weighted by Crippen LogP contribution is -2.51. The molecule has 1 fully saturated rings. The van der Waals surface area contributed by atoms with Crippen molar-refractivity contribution in [1.82, 2.24) is 10.2 Å². The third-order valence-corrected chi connectivity index (χ3v) is 4.32. The minimum Gasteiger partial charge on any atom is -0.313 e. The topological polar surface area (TPSA) is 15.3 Å². The molecule has 0 spiro atoms. The number of piperidine rings is 1. The van der Waals surface area contributed by atoms with Crippen LogP contribution in [0.25, 0.3) is 0 Å². The smallest absolute Gasteiger partial charge is 0.123 e. The van der Waals surface area contributed by atoms with Crippen LogP contribution in [-0.4, -0.2) is 37.1 Å². The van der Waals surface area contributed by atoms with Crippen molar-refractivity contribution >= 4 is 0 Å². The van der Waals surface area contributed by atoms with Gasteiger partial charge in [-0.1, -0.05) is 19.1 Å². The van der Waals surface area contributed by atoms with Gasteiger partial charge in [0.15, 0.2) is 0 Å². The summed E-state index contributed by atoms with van der Waals surface area (Å²) < 4.78 is 13.1. The van der Waals surface area contributed by atoms with Crippen molar-refractivity contribution in [1.29, 1.82) is 0 Å². The second-order valence-electron chi connectivity index (χ2n) is 5.94. The highest BCUT2D eigenvalue weighted by Gasteiger charge is 2.28. The number of nitrogens with zero attached hydrogens (tertiary/aromatic N) is 1. The molecule has 1 aliphatic rings. The first-order valence-electron chi connectivity index (χ1n) is 7.24. The molecule has 1 N–H and O–H groups in total. The third-order valence-electron chi connectivity index (χ3n) is 4.32. The summed E-state index contributed by atoms with van der Waals surface area (Å²) >= 11 is 0. The highest BCUT2D eigenvalue weighted by Crippen LogP contribution is 2.20. The molecule has 0 radical (unpaired) electrons. The number of rotatable bonds is 4. The van der Waals surface area contributed by atoms with E-state index in [2.05, 4.69) is 31.1 Å². The third kappa shape index (κ3) is 4.02. The van der Waals surface area contributed by atoms with Crippen LogP contribution in [0.2, 0.25) is 0 Å². The van der Waals surface area contributed by atoms with Crippen LogP contribution in [0.1, 0.15) is 25.8 Å². The van der Waals surface area contributed by atoms with Gasteiger partial charge in [-0.25, -0.2) is 4.39 Å². The Kier molecular flexibility index (Phi) is 4.94. The van der Waals surface area contributed by atoms with Crippen molar-refractivity contribution in [2.75, 3.05) is 20.1 Å². The number of hydrogen-bond donors (Lipinski definition) is 1. The van der Waals surface area contributed by atoms with Crippen molar-refractivity contribution in [2.45, 2.75) is 38.8 Å². The Morgan fingerprint density at radius 3 is 2.89 bits per heavy atom. The Bertz CT molecular complexity index is 407. The number of benzene rings is 1. The minimum absolute atomic E-state index is 0.140. The first kappa shape index (κ1) is 14.5. The van der Waals surface area contributed by atoms with Gasteiger partial charge in [-0.15, -0.1) is 0 Å². The summed E-state index contributed by atoms with van der Waals surface area (Å²) in [5.74, 6) is 0.535. The molecule has 3 unspecified atom stereocenters. The zero-order valence-corrected chi connectivity index (χ0v) is 12.2. The van der Waals surface area contributed by atoms with Crippen LogP contribution in [0.4, 0.5) is 4.39 Å². The molecule has 1 heterocycles. The highest BCUT2D eigenvalue weighted by atomic mass is 19.1. The molecule has 1 aromatic carbocycles. The van der Waals surface area contributed by atoms with E-state index in [0.717, 1.165) is 25.1 Å². The van der Waals surface area contributed by atoms with Crippen LogP contribution in [-0.2, 0) is 6.42 Å². The molecule has 1 saturated heterocycles. The Morgan fingerprint density at radius 2 is 2.16 bits per heavy atom. The van der Waals surface area contributed by atoms with E-state index in [1.807, 2.05) is 6.07 Å². The van der Waals surface area contributed by atoms with Crippen LogP contribution < -0.4 is 5.32 Å². The molecule has 3 atom stereocenters. The van der Waals surface area contributed by atoms with E-state index in [1.54, 1.807) is 12.1 Å². The van der Waals surface area contributed by atoms with Gasteiger partial charge in [-0.3, -0.25) is 0 Å². The number of likely N-dealkylation sites (tertiary alicyclic amines) is 1. The lowest BCUT2D eigenvalue weighted by atomic mass is 9.90. The molecule has 1 aromatic rings. The maximum Gasteiger partial charge on any atom is 0.123 e. The van der Waals surface area contributed by atoms with E-state index in [1.165, 1.54) is 12.5 Å². The van der Waals surface area contributed by atoms with Crippen LogP contribution in [0.15, 0.2) is 24.3 Å². The molecule has 0 amide bonds. The fourth-order valence-corrected chi connectivity index (χ4v) is 2.92. The van der Waals surface area contributed by atoms with Gasteiger partial charge in [-0.2, -0.15) is 0 Å². The van der Waals surface area contributed by atoms with Crippen LogP contribution >= 0.6 is 0 Å². The summed E-state index contributed by atoms with van der Waals surface area (Å²) in [6.07, 6.45) is 2.09. The average molecular weight is 264 g/mol. The standard InChI is InChI=1S/C16H25FN2/c1-12-11-19(3)13(2)9-16(12)18-8-7-14-5-4-6-15(17)10-14/h4-6,10,12-13,16,18H,7-9,11H2,1-3H3. The van der Waals surface area contributed by atoms with Crippen molar-refractivity contribution in [3.8, 4) is 0 Å². The molecule has 1 aliphatic heterocycles. The van der Waals surface area contributed by atoms with Crippen LogP contribution in [0.3, 0.4) is 0 Å². The summed E-state index contributed by atoms with van der Waals surface area (Å²) in [6, 6.07) is 8.12. The van der Waals surface area contributed by atoms with Crippen molar-refractivity contribution in [2.24, 2.45) is 5.92 Å². The predicted octanol–water partition coefficient (Wildman–Crippen LogP) is 2.69. The maximum atomic E-state index is 13.1. The molecule has 0 aliphatic carbocycles. The van der Waals surface area contributed by atoms with E-state index in [0.29, 0.717) is 18.0 Å². The Balaban J connectivity index is 1.79. The highest BCUT2D eigenvalue weighted by molar-refractivity contribution is 5.16. The molecule has 3 heteroatoms. The Labute approximate surface area is 116 Å². The number of hydrogen-bond acceptors (Lipinski definition) is 2. The second kappa shape index (κ2) is 6.49. The van der Waals surface area contributed by atoms with E-state index in [-0.39, 0.29) is 5.82 Å². The lowest BCUT2D eigenvalue weighted by Gasteiger charge is -2.40. The van der Waals surface area contributed by atoms with E-state index in [4.69, 9.17) is 0 Å². The van der Waals surface area contributed by atoms with Gasteiger partial charge >= 0.3 is 0 Å². The minimum atomic E-state index is -0.140. The molecule has 106 valence electrons. The molecule has 0 saturated carbocycles. The van der Waals surface area contributed by atoms with Crippen LogP contribution in [0, 0.1) is 11.7 Å². The van der Waals surface area contributed by atoms with Gasteiger partial charge in [-0.05, 0) is 57.0 Å². The molecule has 2 rings (SSSR count). The molecular formula is C16H25FN2.